The first-order chi connectivity index (χ1) is 10.1. The second kappa shape index (κ2) is 12.0. The molecule has 0 rings (SSSR count). The highest BCUT2D eigenvalue weighted by Crippen LogP contribution is 2.02. The van der Waals surface area contributed by atoms with Crippen molar-refractivity contribution in [1.29, 1.82) is 0 Å². The van der Waals surface area contributed by atoms with E-state index in [1.54, 1.807) is 0 Å². The molecular weight excluding hydrogens is 306 g/mol. The number of aldehydes is 1. The largest absolute Gasteiger partial charge is 0.481 e. The topological polar surface area (TPSA) is 219 Å². The van der Waals surface area contributed by atoms with Gasteiger partial charge in [-0.25, -0.2) is 0 Å². The minimum atomic E-state index is -1.79. The van der Waals surface area contributed by atoms with E-state index in [4.69, 9.17) is 41.5 Å². The maximum atomic E-state index is 9.99. The van der Waals surface area contributed by atoms with Gasteiger partial charge in [0.2, 0.25) is 0 Å². The molecule has 0 amide bonds. The third-order valence-electron chi connectivity index (χ3n) is 2.41. The highest BCUT2D eigenvalue weighted by Gasteiger charge is 2.29. The van der Waals surface area contributed by atoms with Gasteiger partial charge in [-0.2, -0.15) is 0 Å². The summed E-state index contributed by atoms with van der Waals surface area (Å²) < 4.78 is 0. The first-order valence-corrected chi connectivity index (χ1v) is 6.07. The molecule has 0 bridgehead atoms. The lowest BCUT2D eigenvalue weighted by Crippen LogP contribution is -2.46. The fraction of sp³-hybridized carbons (Fsp3) is 0.727. The van der Waals surface area contributed by atoms with Crippen molar-refractivity contribution in [3.63, 3.8) is 0 Å². The number of hydrogen-bond acceptors (Lipinski definition) is 9. The monoisotopic (exact) mass is 327 g/mol. The number of hydrogen-bond donors (Lipinski definition) is 8. The average Bonchev–Trinajstić information content (AvgIpc) is 2.49. The molecule has 11 heteroatoms. The van der Waals surface area contributed by atoms with Crippen LogP contribution in [0.15, 0.2) is 0 Å². The van der Waals surface area contributed by atoms with E-state index in [2.05, 4.69) is 0 Å². The van der Waals surface area contributed by atoms with Gasteiger partial charge in [0.1, 0.15) is 30.5 Å². The van der Waals surface area contributed by atoms with Gasteiger partial charge in [-0.05, 0) is 6.42 Å². The smallest absolute Gasteiger partial charge is 0.320 e. The van der Waals surface area contributed by atoms with E-state index < -0.39 is 49.0 Å². The van der Waals surface area contributed by atoms with E-state index in [1.165, 1.54) is 0 Å². The van der Waals surface area contributed by atoms with Crippen LogP contribution in [0.4, 0.5) is 0 Å². The first-order valence-electron chi connectivity index (χ1n) is 6.07. The molecule has 0 heterocycles. The van der Waals surface area contributed by atoms with Crippen LogP contribution in [0.5, 0.6) is 0 Å². The van der Waals surface area contributed by atoms with E-state index >= 15 is 0 Å². The molecule has 0 spiro atoms. The van der Waals surface area contributed by atoms with E-state index in [-0.39, 0.29) is 19.1 Å². The summed E-state index contributed by atoms with van der Waals surface area (Å²) >= 11 is 0. The van der Waals surface area contributed by atoms with Gasteiger partial charge >= 0.3 is 11.9 Å². The van der Waals surface area contributed by atoms with Crippen molar-refractivity contribution in [1.82, 2.24) is 0 Å². The van der Waals surface area contributed by atoms with Crippen LogP contribution in [0.3, 0.4) is 0 Å². The molecule has 0 unspecified atom stereocenters. The van der Waals surface area contributed by atoms with Crippen LogP contribution in [0, 0.1) is 0 Å². The van der Waals surface area contributed by atoms with Crippen molar-refractivity contribution in [3.8, 4) is 0 Å². The average molecular weight is 327 g/mol. The summed E-state index contributed by atoms with van der Waals surface area (Å²) in [7, 11) is 0. The summed E-state index contributed by atoms with van der Waals surface area (Å²) in [4.78, 5) is 29.8. The quantitative estimate of drug-likeness (QED) is 0.190. The summed E-state index contributed by atoms with van der Waals surface area (Å²) in [5.74, 6) is -2.20. The first kappa shape index (κ1) is 22.6. The van der Waals surface area contributed by atoms with Crippen molar-refractivity contribution in [2.75, 3.05) is 6.61 Å². The Morgan fingerprint density at radius 1 is 1.05 bits per heavy atom. The van der Waals surface area contributed by atoms with Crippen molar-refractivity contribution < 1.29 is 50.1 Å². The van der Waals surface area contributed by atoms with Crippen LogP contribution < -0.4 is 5.73 Å². The van der Waals surface area contributed by atoms with Gasteiger partial charge in [0.05, 0.1) is 6.61 Å². The normalized spacial score (nSPS) is 17.2. The second-order valence-corrected chi connectivity index (χ2v) is 4.23. The van der Waals surface area contributed by atoms with Gasteiger partial charge in [0.15, 0.2) is 6.29 Å². The molecule has 0 aliphatic carbocycles. The number of carbonyl (C=O) groups is 3. The predicted molar refractivity (Wildman–Crippen MR) is 69.7 cm³/mol. The number of carboxylic acid groups (broad SMARTS) is 2. The Balaban J connectivity index is 0. The molecule has 0 aromatic heterocycles. The Hall–Kier alpha value is -1.63. The number of nitrogens with two attached hydrogens (primary N) is 1. The molecule has 5 atom stereocenters. The Bertz CT molecular complexity index is 350. The molecule has 9 N–H and O–H groups in total. The van der Waals surface area contributed by atoms with E-state index in [1.807, 2.05) is 0 Å². The lowest BCUT2D eigenvalue weighted by atomic mass is 10.0. The molecule has 0 aliphatic heterocycles. The summed E-state index contributed by atoms with van der Waals surface area (Å²) in [5, 5.41) is 59.8. The fourth-order valence-electron chi connectivity index (χ4n) is 1.02. The second-order valence-electron chi connectivity index (χ2n) is 4.23. The molecule has 0 aliphatic rings. The molecule has 0 fully saturated rings. The number of aliphatic hydroxyl groups excluding tert-OH is 5. The number of aliphatic carboxylic acids is 2. The third kappa shape index (κ3) is 10.1. The molecule has 0 aromatic carbocycles. The third-order valence-corrected chi connectivity index (χ3v) is 2.41. The lowest BCUT2D eigenvalue weighted by molar-refractivity contribution is -0.140. The van der Waals surface area contributed by atoms with Crippen LogP contribution in [-0.2, 0) is 14.4 Å². The van der Waals surface area contributed by atoms with Crippen LogP contribution in [0.25, 0.3) is 0 Å². The highest BCUT2D eigenvalue weighted by atomic mass is 16.4. The lowest BCUT2D eigenvalue weighted by Gasteiger charge is -2.22. The standard InChI is InChI=1S/C6H12O6.C5H9NO4/c7-1-3(9)5(11)6(12)4(10)2-8;6-3(5(9)10)1-2-4(7)8/h1,3-6,8-12H,2H2;3H,1-2,6H2,(H,7,8)(H,9,10)/t3-,4+,5+,6+;3-/m00/s1. The summed E-state index contributed by atoms with van der Waals surface area (Å²) in [6.07, 6.45) is -7.06. The Kier molecular flexibility index (Phi) is 12.3. The molecule has 0 aromatic rings. The molecule has 0 saturated carbocycles. The fourth-order valence-corrected chi connectivity index (χ4v) is 1.02. The van der Waals surface area contributed by atoms with Crippen LogP contribution in [-0.4, -0.2) is 91.0 Å². The molecule has 130 valence electrons. The van der Waals surface area contributed by atoms with Gasteiger partial charge in [-0.1, -0.05) is 0 Å². The Labute approximate surface area is 125 Å². The SMILES string of the molecule is N[C@@H](CCC(=O)O)C(=O)O.O=C[C@H](O)[C@@H](O)[C@H](O)[C@H](O)CO. The maximum Gasteiger partial charge on any atom is 0.320 e. The van der Waals surface area contributed by atoms with Gasteiger partial charge in [-0.15, -0.1) is 0 Å². The zero-order chi connectivity index (χ0) is 17.9. The molecule has 0 radical (unpaired) electrons. The summed E-state index contributed by atoms with van der Waals surface area (Å²) in [6, 6.07) is -1.06. The Morgan fingerprint density at radius 2 is 1.55 bits per heavy atom. The number of aliphatic hydroxyl groups is 5. The molecule has 11 nitrogen and oxygen atoms in total. The zero-order valence-corrected chi connectivity index (χ0v) is 11.5. The van der Waals surface area contributed by atoms with Crippen molar-refractivity contribution >= 4 is 18.2 Å². The highest BCUT2D eigenvalue weighted by molar-refractivity contribution is 5.74. The number of carbonyl (C=O) groups excluding carboxylic acids is 1. The molecule has 22 heavy (non-hydrogen) atoms. The van der Waals surface area contributed by atoms with Crippen molar-refractivity contribution in [2.45, 2.75) is 43.3 Å². The van der Waals surface area contributed by atoms with Gasteiger partial charge < -0.3 is 46.3 Å². The van der Waals surface area contributed by atoms with Crippen LogP contribution in [0.2, 0.25) is 0 Å². The van der Waals surface area contributed by atoms with Crippen LogP contribution in [0.1, 0.15) is 12.8 Å². The van der Waals surface area contributed by atoms with E-state index in [0.29, 0.717) is 0 Å². The minimum absolute atomic E-state index is 0.0231. The van der Waals surface area contributed by atoms with Crippen LogP contribution >= 0.6 is 0 Å². The number of rotatable bonds is 9. The molecular formula is C11H21NO10. The summed E-state index contributed by atoms with van der Waals surface area (Å²) in [6.45, 7) is -0.760. The van der Waals surface area contributed by atoms with Gasteiger partial charge in [-0.3, -0.25) is 9.59 Å². The van der Waals surface area contributed by atoms with E-state index in [9.17, 15) is 14.4 Å². The number of carboxylic acids is 2. The minimum Gasteiger partial charge on any atom is -0.481 e. The Morgan fingerprint density at radius 3 is 1.86 bits per heavy atom. The van der Waals surface area contributed by atoms with Crippen molar-refractivity contribution in [2.24, 2.45) is 5.73 Å². The summed E-state index contributed by atoms with van der Waals surface area (Å²) in [5.41, 5.74) is 5.00. The molecule has 0 saturated heterocycles. The zero-order valence-electron chi connectivity index (χ0n) is 11.5. The van der Waals surface area contributed by atoms with Gasteiger partial charge in [0, 0.05) is 6.42 Å². The van der Waals surface area contributed by atoms with Crippen molar-refractivity contribution in [3.05, 3.63) is 0 Å². The maximum absolute atomic E-state index is 9.99. The van der Waals surface area contributed by atoms with Gasteiger partial charge in [0.25, 0.3) is 0 Å². The van der Waals surface area contributed by atoms with E-state index in [0.717, 1.165) is 0 Å². The predicted octanol–water partition coefficient (Wildman–Crippen LogP) is -4.12.